The van der Waals surface area contributed by atoms with Crippen LogP contribution < -0.4 is 10.5 Å². The third-order valence-electron chi connectivity index (χ3n) is 1.65. The van der Waals surface area contributed by atoms with Gasteiger partial charge in [0, 0.05) is 0 Å². The summed E-state index contributed by atoms with van der Waals surface area (Å²) in [5, 5.41) is 17.4. The predicted molar refractivity (Wildman–Crippen MR) is 46.0 cm³/mol. The number of ether oxygens (including phenoxy) is 1. The van der Waals surface area contributed by atoms with E-state index in [2.05, 4.69) is 9.72 Å². The van der Waals surface area contributed by atoms with Crippen LogP contribution in [0, 0.1) is 11.3 Å². The topological polar surface area (TPSA) is 92.2 Å². The molecule has 0 aliphatic heterocycles. The highest BCUT2D eigenvalue weighted by molar-refractivity contribution is 5.63. The summed E-state index contributed by atoms with van der Waals surface area (Å²) in [6, 6.07) is 1.55. The molecule has 0 atom stereocenters. The van der Waals surface area contributed by atoms with Crippen molar-refractivity contribution in [2.24, 2.45) is 0 Å². The molecule has 0 aliphatic rings. The van der Waals surface area contributed by atoms with Gasteiger partial charge in [-0.1, -0.05) is 0 Å². The minimum absolute atomic E-state index is 0.102. The Hall–Kier alpha value is -2.01. The van der Waals surface area contributed by atoms with Crippen LogP contribution in [0.4, 0.5) is 18.9 Å². The minimum atomic E-state index is -4.91. The van der Waals surface area contributed by atoms with Crippen LogP contribution >= 0.6 is 0 Å². The second-order valence-electron chi connectivity index (χ2n) is 2.68. The van der Waals surface area contributed by atoms with Gasteiger partial charge >= 0.3 is 6.36 Å². The number of aliphatic hydroxyl groups excluding tert-OH is 1. The zero-order valence-corrected chi connectivity index (χ0v) is 7.75. The van der Waals surface area contributed by atoms with Crippen molar-refractivity contribution in [2.45, 2.75) is 13.0 Å². The molecule has 8 heteroatoms. The predicted octanol–water partition coefficient (Wildman–Crippen LogP) is 0.926. The van der Waals surface area contributed by atoms with Gasteiger partial charge in [-0.25, -0.2) is 0 Å². The number of rotatable bonds is 2. The first-order valence-corrected chi connectivity index (χ1v) is 3.93. The third-order valence-corrected chi connectivity index (χ3v) is 1.65. The molecule has 16 heavy (non-hydrogen) atoms. The highest BCUT2D eigenvalue weighted by Crippen LogP contribution is 2.30. The van der Waals surface area contributed by atoms with Crippen LogP contribution in [-0.4, -0.2) is 16.5 Å². The van der Waals surface area contributed by atoms with Crippen LogP contribution in [-0.2, 0) is 6.61 Å². The van der Waals surface area contributed by atoms with Gasteiger partial charge in [0.05, 0.1) is 24.2 Å². The summed E-state index contributed by atoms with van der Waals surface area (Å²) in [6.07, 6.45) is -4.21. The number of anilines is 1. The molecule has 0 aromatic carbocycles. The van der Waals surface area contributed by atoms with Crippen molar-refractivity contribution in [2.75, 3.05) is 5.73 Å². The van der Waals surface area contributed by atoms with E-state index in [4.69, 9.17) is 16.1 Å². The molecule has 0 bridgehead atoms. The Balaban J connectivity index is 3.21. The highest BCUT2D eigenvalue weighted by atomic mass is 19.4. The lowest BCUT2D eigenvalue weighted by atomic mass is 10.1. The van der Waals surface area contributed by atoms with Crippen LogP contribution in [0.3, 0.4) is 0 Å². The SMILES string of the molecule is N#Cc1c(CO)ncc(OC(F)(F)F)c1N. The monoisotopic (exact) mass is 233 g/mol. The first-order valence-electron chi connectivity index (χ1n) is 3.93. The Labute approximate surface area is 87.9 Å². The van der Waals surface area contributed by atoms with Gasteiger partial charge in [-0.15, -0.1) is 13.2 Å². The number of nitrogens with zero attached hydrogens (tertiary/aromatic N) is 2. The number of pyridine rings is 1. The van der Waals surface area contributed by atoms with Crippen molar-refractivity contribution in [3.05, 3.63) is 17.5 Å². The van der Waals surface area contributed by atoms with Gasteiger partial charge in [-0.05, 0) is 0 Å². The molecule has 0 saturated heterocycles. The molecular formula is C8H6F3N3O2. The summed E-state index contributed by atoms with van der Waals surface area (Å²) in [5.41, 5.74) is 4.35. The number of aromatic nitrogens is 1. The Morgan fingerprint density at radius 2 is 2.19 bits per heavy atom. The average molecular weight is 233 g/mol. The maximum atomic E-state index is 11.9. The second kappa shape index (κ2) is 4.24. The number of aliphatic hydroxyl groups is 1. The fraction of sp³-hybridized carbons (Fsp3) is 0.250. The lowest BCUT2D eigenvalue weighted by Crippen LogP contribution is -2.19. The second-order valence-corrected chi connectivity index (χ2v) is 2.68. The normalized spacial score (nSPS) is 10.9. The van der Waals surface area contributed by atoms with E-state index in [1.807, 2.05) is 0 Å². The molecular weight excluding hydrogens is 227 g/mol. The molecule has 1 aromatic heterocycles. The highest BCUT2D eigenvalue weighted by Gasteiger charge is 2.32. The Bertz CT molecular complexity index is 439. The molecule has 1 rings (SSSR count). The largest absolute Gasteiger partial charge is 0.573 e. The van der Waals surface area contributed by atoms with E-state index in [-0.39, 0.29) is 11.3 Å². The summed E-state index contributed by atoms with van der Waals surface area (Å²) < 4.78 is 39.3. The summed E-state index contributed by atoms with van der Waals surface area (Å²) in [4.78, 5) is 3.44. The summed E-state index contributed by atoms with van der Waals surface area (Å²) in [5.74, 6) is -0.763. The van der Waals surface area contributed by atoms with Gasteiger partial charge in [0.25, 0.3) is 0 Å². The van der Waals surface area contributed by atoms with Crippen molar-refractivity contribution in [3.8, 4) is 11.8 Å². The van der Waals surface area contributed by atoms with Crippen LogP contribution in [0.25, 0.3) is 0 Å². The Kier molecular flexibility index (Phi) is 3.20. The number of alkyl halides is 3. The number of nitrogen functional groups attached to an aromatic ring is 1. The van der Waals surface area contributed by atoms with E-state index in [9.17, 15) is 13.2 Å². The lowest BCUT2D eigenvalue weighted by Gasteiger charge is -2.12. The molecule has 1 heterocycles. The molecule has 5 nitrogen and oxygen atoms in total. The smallest absolute Gasteiger partial charge is 0.402 e. The van der Waals surface area contributed by atoms with Gasteiger partial charge in [-0.3, -0.25) is 4.98 Å². The van der Waals surface area contributed by atoms with E-state index < -0.39 is 24.4 Å². The third kappa shape index (κ3) is 2.52. The molecule has 0 radical (unpaired) electrons. The van der Waals surface area contributed by atoms with E-state index in [1.165, 1.54) is 0 Å². The van der Waals surface area contributed by atoms with E-state index in [0.717, 1.165) is 0 Å². The fourth-order valence-corrected chi connectivity index (χ4v) is 1.000. The van der Waals surface area contributed by atoms with Crippen LogP contribution in [0.15, 0.2) is 6.20 Å². The number of hydrogen-bond donors (Lipinski definition) is 2. The first kappa shape index (κ1) is 12.1. The summed E-state index contributed by atoms with van der Waals surface area (Å²) >= 11 is 0. The van der Waals surface area contributed by atoms with Crippen molar-refractivity contribution in [1.82, 2.24) is 4.98 Å². The van der Waals surface area contributed by atoms with Crippen LogP contribution in [0.1, 0.15) is 11.3 Å². The molecule has 0 unspecified atom stereocenters. The number of nitrogens with two attached hydrogens (primary N) is 1. The zero-order chi connectivity index (χ0) is 12.3. The van der Waals surface area contributed by atoms with Crippen molar-refractivity contribution in [3.63, 3.8) is 0 Å². The maximum absolute atomic E-state index is 11.9. The van der Waals surface area contributed by atoms with Crippen molar-refractivity contribution >= 4 is 5.69 Å². The van der Waals surface area contributed by atoms with Gasteiger partial charge in [0.1, 0.15) is 11.6 Å². The molecule has 0 saturated carbocycles. The minimum Gasteiger partial charge on any atom is -0.402 e. The van der Waals surface area contributed by atoms with Gasteiger partial charge in [0.15, 0.2) is 5.75 Å². The summed E-state index contributed by atoms with van der Waals surface area (Å²) in [6.45, 7) is -0.598. The fourth-order valence-electron chi connectivity index (χ4n) is 1.000. The van der Waals surface area contributed by atoms with E-state index in [1.54, 1.807) is 6.07 Å². The number of hydrogen-bond acceptors (Lipinski definition) is 5. The van der Waals surface area contributed by atoms with Crippen molar-refractivity contribution < 1.29 is 23.0 Å². The molecule has 0 aliphatic carbocycles. The molecule has 0 spiro atoms. The Morgan fingerprint density at radius 3 is 2.62 bits per heavy atom. The number of halogens is 3. The molecule has 0 fully saturated rings. The van der Waals surface area contributed by atoms with Crippen molar-refractivity contribution in [1.29, 1.82) is 5.26 Å². The maximum Gasteiger partial charge on any atom is 0.573 e. The van der Waals surface area contributed by atoms with E-state index in [0.29, 0.717) is 6.20 Å². The average Bonchev–Trinajstić information content (AvgIpc) is 2.19. The van der Waals surface area contributed by atoms with Gasteiger partial charge in [-0.2, -0.15) is 5.26 Å². The van der Waals surface area contributed by atoms with Crippen LogP contribution in [0.5, 0.6) is 5.75 Å². The zero-order valence-electron chi connectivity index (χ0n) is 7.75. The Morgan fingerprint density at radius 1 is 1.56 bits per heavy atom. The molecule has 0 amide bonds. The van der Waals surface area contributed by atoms with Crippen LogP contribution in [0.2, 0.25) is 0 Å². The van der Waals surface area contributed by atoms with Gasteiger partial charge in [0.2, 0.25) is 0 Å². The standard InChI is InChI=1S/C8H6F3N3O2/c9-8(10,11)16-6-2-14-5(3-15)4(1-12)7(6)13/h2,15H,3H2,(H2,13,14). The molecule has 3 N–H and O–H groups in total. The lowest BCUT2D eigenvalue weighted by molar-refractivity contribution is -0.274. The van der Waals surface area contributed by atoms with Gasteiger partial charge < -0.3 is 15.6 Å². The quantitative estimate of drug-likeness (QED) is 0.792. The number of nitriles is 1. The first-order chi connectivity index (χ1) is 7.39. The van der Waals surface area contributed by atoms with E-state index >= 15 is 0 Å². The molecule has 1 aromatic rings. The summed E-state index contributed by atoms with van der Waals surface area (Å²) in [7, 11) is 0. The molecule has 86 valence electrons.